The Balaban J connectivity index is 4.07. The molecular formula is C13H26N2OS. The molecule has 3 N–H and O–H groups in total. The van der Waals surface area contributed by atoms with Gasteiger partial charge < -0.3 is 11.1 Å². The van der Waals surface area contributed by atoms with Gasteiger partial charge in [0.05, 0.1) is 10.9 Å². The summed E-state index contributed by atoms with van der Waals surface area (Å²) in [7, 11) is 0. The van der Waals surface area contributed by atoms with Gasteiger partial charge in [-0.25, -0.2) is 0 Å². The Labute approximate surface area is 111 Å². The second-order valence-electron chi connectivity index (χ2n) is 4.65. The molecule has 0 aromatic heterocycles. The van der Waals surface area contributed by atoms with Gasteiger partial charge in [0.25, 0.3) is 0 Å². The Morgan fingerprint density at radius 3 is 2.35 bits per heavy atom. The van der Waals surface area contributed by atoms with E-state index in [1.165, 1.54) is 12.8 Å². The van der Waals surface area contributed by atoms with Crippen LogP contribution in [0.3, 0.4) is 0 Å². The maximum Gasteiger partial charge on any atom is 0.230 e. The lowest BCUT2D eigenvalue weighted by Gasteiger charge is -2.19. The summed E-state index contributed by atoms with van der Waals surface area (Å²) in [5, 5.41) is 3.00. The van der Waals surface area contributed by atoms with Crippen LogP contribution in [-0.2, 0) is 4.79 Å². The van der Waals surface area contributed by atoms with Gasteiger partial charge in [0, 0.05) is 6.04 Å². The van der Waals surface area contributed by atoms with E-state index in [0.29, 0.717) is 4.99 Å². The molecule has 0 aliphatic carbocycles. The number of rotatable bonds is 9. The number of hydrogen-bond donors (Lipinski definition) is 2. The Hall–Kier alpha value is -0.640. The highest BCUT2D eigenvalue weighted by Gasteiger charge is 2.21. The van der Waals surface area contributed by atoms with Gasteiger partial charge in [-0.3, -0.25) is 4.79 Å². The molecule has 0 rings (SSSR count). The maximum atomic E-state index is 11.9. The smallest absolute Gasteiger partial charge is 0.230 e. The Morgan fingerprint density at radius 1 is 1.24 bits per heavy atom. The minimum Gasteiger partial charge on any atom is -0.393 e. The summed E-state index contributed by atoms with van der Waals surface area (Å²) in [6.07, 6.45) is 6.25. The highest BCUT2D eigenvalue weighted by atomic mass is 32.1. The van der Waals surface area contributed by atoms with E-state index in [0.717, 1.165) is 25.7 Å². The molecule has 0 saturated heterocycles. The van der Waals surface area contributed by atoms with Gasteiger partial charge in [0.1, 0.15) is 0 Å². The van der Waals surface area contributed by atoms with Gasteiger partial charge in [-0.15, -0.1) is 0 Å². The van der Waals surface area contributed by atoms with Crippen LogP contribution in [0.25, 0.3) is 0 Å². The van der Waals surface area contributed by atoms with Gasteiger partial charge >= 0.3 is 0 Å². The SMILES string of the molecule is CCCCCC(C)NC(=O)C(CCC)C(N)=S. The van der Waals surface area contributed by atoms with Crippen LogP contribution in [0.15, 0.2) is 0 Å². The molecule has 0 aliphatic heterocycles. The largest absolute Gasteiger partial charge is 0.393 e. The van der Waals surface area contributed by atoms with E-state index in [2.05, 4.69) is 12.2 Å². The molecule has 0 saturated carbocycles. The first-order valence-electron chi connectivity index (χ1n) is 6.62. The summed E-state index contributed by atoms with van der Waals surface area (Å²) < 4.78 is 0. The molecule has 3 nitrogen and oxygen atoms in total. The van der Waals surface area contributed by atoms with Crippen molar-refractivity contribution >= 4 is 23.1 Å². The standard InChI is InChI=1S/C13H26N2OS/c1-4-6-7-9-10(3)15-13(16)11(8-5-2)12(14)17/h10-11H,4-9H2,1-3H3,(H2,14,17)(H,15,16). The van der Waals surface area contributed by atoms with Crippen molar-refractivity contribution in [2.45, 2.75) is 65.3 Å². The van der Waals surface area contributed by atoms with Crippen LogP contribution in [0.2, 0.25) is 0 Å². The van der Waals surface area contributed by atoms with Crippen LogP contribution in [-0.4, -0.2) is 16.9 Å². The molecule has 0 spiro atoms. The first-order chi connectivity index (χ1) is 8.02. The van der Waals surface area contributed by atoms with Crippen LogP contribution < -0.4 is 11.1 Å². The molecule has 4 heteroatoms. The summed E-state index contributed by atoms with van der Waals surface area (Å²) in [5.74, 6) is -0.313. The highest BCUT2D eigenvalue weighted by Crippen LogP contribution is 2.09. The van der Waals surface area contributed by atoms with Gasteiger partial charge in [-0.1, -0.05) is 51.7 Å². The van der Waals surface area contributed by atoms with Crippen LogP contribution in [0.5, 0.6) is 0 Å². The monoisotopic (exact) mass is 258 g/mol. The lowest BCUT2D eigenvalue weighted by Crippen LogP contribution is -2.41. The fourth-order valence-corrected chi connectivity index (χ4v) is 2.03. The van der Waals surface area contributed by atoms with E-state index in [-0.39, 0.29) is 17.9 Å². The van der Waals surface area contributed by atoms with Gasteiger partial charge in [-0.2, -0.15) is 0 Å². The molecule has 0 bridgehead atoms. The van der Waals surface area contributed by atoms with E-state index < -0.39 is 0 Å². The lowest BCUT2D eigenvalue weighted by atomic mass is 10.0. The van der Waals surface area contributed by atoms with Crippen LogP contribution >= 0.6 is 12.2 Å². The quantitative estimate of drug-likeness (QED) is 0.494. The average Bonchev–Trinajstić information content (AvgIpc) is 2.25. The number of unbranched alkanes of at least 4 members (excludes halogenated alkanes) is 2. The number of amides is 1. The number of carbonyl (C=O) groups is 1. The zero-order valence-corrected chi connectivity index (χ0v) is 12.1. The molecule has 17 heavy (non-hydrogen) atoms. The molecule has 2 unspecified atom stereocenters. The number of nitrogens with one attached hydrogen (secondary N) is 1. The summed E-state index contributed by atoms with van der Waals surface area (Å²) >= 11 is 4.93. The summed E-state index contributed by atoms with van der Waals surface area (Å²) in [6, 6.07) is 0.211. The number of nitrogens with two attached hydrogens (primary N) is 1. The molecule has 0 radical (unpaired) electrons. The van der Waals surface area contributed by atoms with Crippen molar-refractivity contribution in [3.8, 4) is 0 Å². The summed E-state index contributed by atoms with van der Waals surface area (Å²) in [6.45, 7) is 6.24. The van der Waals surface area contributed by atoms with Crippen molar-refractivity contribution in [3.05, 3.63) is 0 Å². The zero-order chi connectivity index (χ0) is 13.3. The Kier molecular flexibility index (Phi) is 9.04. The molecular weight excluding hydrogens is 232 g/mol. The number of carbonyl (C=O) groups excluding carboxylic acids is 1. The van der Waals surface area contributed by atoms with E-state index in [1.807, 2.05) is 13.8 Å². The molecule has 0 aromatic carbocycles. The molecule has 0 fully saturated rings. The molecule has 0 aliphatic rings. The van der Waals surface area contributed by atoms with E-state index in [4.69, 9.17) is 18.0 Å². The Morgan fingerprint density at radius 2 is 1.88 bits per heavy atom. The minimum atomic E-state index is -0.302. The number of hydrogen-bond acceptors (Lipinski definition) is 2. The van der Waals surface area contributed by atoms with Crippen LogP contribution in [0.1, 0.15) is 59.3 Å². The second kappa shape index (κ2) is 9.40. The third-order valence-electron chi connectivity index (χ3n) is 2.87. The van der Waals surface area contributed by atoms with Crippen molar-refractivity contribution in [2.75, 3.05) is 0 Å². The van der Waals surface area contributed by atoms with E-state index in [9.17, 15) is 4.79 Å². The van der Waals surface area contributed by atoms with Gasteiger partial charge in [-0.05, 0) is 19.8 Å². The zero-order valence-electron chi connectivity index (χ0n) is 11.3. The second-order valence-corrected chi connectivity index (χ2v) is 5.12. The van der Waals surface area contributed by atoms with Crippen molar-refractivity contribution < 1.29 is 4.79 Å². The first kappa shape index (κ1) is 16.4. The highest BCUT2D eigenvalue weighted by molar-refractivity contribution is 7.80. The normalized spacial score (nSPS) is 14.1. The van der Waals surface area contributed by atoms with Crippen molar-refractivity contribution in [1.29, 1.82) is 0 Å². The molecule has 1 amide bonds. The maximum absolute atomic E-state index is 11.9. The van der Waals surface area contributed by atoms with Gasteiger partial charge in [0.15, 0.2) is 0 Å². The number of thiocarbonyl (C=S) groups is 1. The van der Waals surface area contributed by atoms with E-state index in [1.54, 1.807) is 0 Å². The minimum absolute atomic E-state index is 0.0108. The fourth-order valence-electron chi connectivity index (χ4n) is 1.81. The first-order valence-corrected chi connectivity index (χ1v) is 7.03. The molecule has 0 heterocycles. The van der Waals surface area contributed by atoms with Crippen molar-refractivity contribution in [3.63, 3.8) is 0 Å². The fraction of sp³-hybridized carbons (Fsp3) is 0.846. The molecule has 100 valence electrons. The van der Waals surface area contributed by atoms with Gasteiger partial charge in [0.2, 0.25) is 5.91 Å². The van der Waals surface area contributed by atoms with Crippen LogP contribution in [0, 0.1) is 5.92 Å². The third-order valence-corrected chi connectivity index (χ3v) is 3.15. The average molecular weight is 258 g/mol. The van der Waals surface area contributed by atoms with Crippen molar-refractivity contribution in [1.82, 2.24) is 5.32 Å². The molecule has 0 aromatic rings. The van der Waals surface area contributed by atoms with Crippen molar-refractivity contribution in [2.24, 2.45) is 11.7 Å². The Bertz CT molecular complexity index is 244. The predicted octanol–water partition coefficient (Wildman–Crippen LogP) is 2.77. The summed E-state index contributed by atoms with van der Waals surface area (Å²) in [4.78, 5) is 12.2. The summed E-state index contributed by atoms with van der Waals surface area (Å²) in [5.41, 5.74) is 5.59. The van der Waals surface area contributed by atoms with E-state index >= 15 is 0 Å². The predicted molar refractivity (Wildman–Crippen MR) is 76.9 cm³/mol. The van der Waals surface area contributed by atoms with Crippen LogP contribution in [0.4, 0.5) is 0 Å². The molecule has 2 atom stereocenters. The third kappa shape index (κ3) is 7.31. The topological polar surface area (TPSA) is 55.1 Å². The lowest BCUT2D eigenvalue weighted by molar-refractivity contribution is -0.123.